The number of amides is 1. The summed E-state index contributed by atoms with van der Waals surface area (Å²) in [6.45, 7) is 3.93. The molecule has 0 aliphatic carbocycles. The van der Waals surface area contributed by atoms with Crippen molar-refractivity contribution in [2.24, 2.45) is 5.92 Å². The number of aryl methyl sites for hydroxylation is 1. The summed E-state index contributed by atoms with van der Waals surface area (Å²) in [5.41, 5.74) is 3.05. The highest BCUT2D eigenvalue weighted by molar-refractivity contribution is 6.36. The van der Waals surface area contributed by atoms with E-state index in [0.717, 1.165) is 59.4 Å². The lowest BCUT2D eigenvalue weighted by atomic mass is 9.88. The molecular formula is C24H26Cl2N2O. The number of carbonyl (C=O) groups is 1. The number of nitrogens with one attached hydrogen (secondary N) is 1. The van der Waals surface area contributed by atoms with E-state index in [1.807, 2.05) is 47.4 Å². The molecule has 0 saturated carbocycles. The van der Waals surface area contributed by atoms with Gasteiger partial charge in [0, 0.05) is 35.2 Å². The molecule has 1 aliphatic heterocycles. The van der Waals surface area contributed by atoms with Crippen molar-refractivity contribution >= 4 is 40.0 Å². The van der Waals surface area contributed by atoms with Gasteiger partial charge in [0.25, 0.3) is 0 Å². The molecule has 1 aliphatic rings. The van der Waals surface area contributed by atoms with Crippen molar-refractivity contribution in [2.75, 3.05) is 13.1 Å². The standard InChI is InChI=1S/C24H26Cl2N2O/c1-16-11-13-28(14-12-16)24(29)19(10-9-17-5-2-3-7-20(17)25)18-6-4-8-22-23(18)21(26)15-27-22/h2-8,15-16,19,27H,9-14H2,1H3. The fourth-order valence-corrected chi connectivity index (χ4v) is 4.82. The number of halogens is 2. The van der Waals surface area contributed by atoms with E-state index in [0.29, 0.717) is 17.4 Å². The molecule has 0 spiro atoms. The summed E-state index contributed by atoms with van der Waals surface area (Å²) in [7, 11) is 0. The second-order valence-electron chi connectivity index (χ2n) is 8.10. The minimum atomic E-state index is -0.239. The summed E-state index contributed by atoms with van der Waals surface area (Å²) in [4.78, 5) is 18.9. The van der Waals surface area contributed by atoms with Gasteiger partial charge in [-0.15, -0.1) is 0 Å². The van der Waals surface area contributed by atoms with Crippen LogP contribution < -0.4 is 0 Å². The third-order valence-electron chi connectivity index (χ3n) is 6.12. The lowest BCUT2D eigenvalue weighted by molar-refractivity contribution is -0.134. The smallest absolute Gasteiger partial charge is 0.230 e. The van der Waals surface area contributed by atoms with Crippen LogP contribution in [-0.4, -0.2) is 28.9 Å². The first-order valence-electron chi connectivity index (χ1n) is 10.3. The van der Waals surface area contributed by atoms with Crippen LogP contribution in [0.25, 0.3) is 10.9 Å². The van der Waals surface area contributed by atoms with Crippen LogP contribution in [0.15, 0.2) is 48.7 Å². The molecule has 152 valence electrons. The van der Waals surface area contributed by atoms with Crippen LogP contribution in [0.4, 0.5) is 0 Å². The number of benzene rings is 2. The molecule has 0 bridgehead atoms. The van der Waals surface area contributed by atoms with Gasteiger partial charge in [0.2, 0.25) is 5.91 Å². The van der Waals surface area contributed by atoms with Crippen LogP contribution in [0.5, 0.6) is 0 Å². The number of carbonyl (C=O) groups excluding carboxylic acids is 1. The highest BCUT2D eigenvalue weighted by Crippen LogP contribution is 2.35. The maximum Gasteiger partial charge on any atom is 0.230 e. The highest BCUT2D eigenvalue weighted by atomic mass is 35.5. The fourth-order valence-electron chi connectivity index (χ4n) is 4.32. The van der Waals surface area contributed by atoms with E-state index >= 15 is 0 Å². The molecule has 1 unspecified atom stereocenters. The van der Waals surface area contributed by atoms with Crippen molar-refractivity contribution in [1.29, 1.82) is 0 Å². The van der Waals surface area contributed by atoms with Gasteiger partial charge in [0.05, 0.1) is 10.9 Å². The molecule has 0 radical (unpaired) electrons. The Balaban J connectivity index is 1.67. The van der Waals surface area contributed by atoms with Crippen LogP contribution in [0.1, 0.15) is 43.2 Å². The summed E-state index contributed by atoms with van der Waals surface area (Å²) in [5.74, 6) is 0.647. The van der Waals surface area contributed by atoms with E-state index in [1.54, 1.807) is 6.20 Å². The van der Waals surface area contributed by atoms with E-state index in [1.165, 1.54) is 0 Å². The number of rotatable bonds is 5. The zero-order valence-electron chi connectivity index (χ0n) is 16.6. The molecule has 1 atom stereocenters. The van der Waals surface area contributed by atoms with E-state index in [-0.39, 0.29) is 11.8 Å². The predicted octanol–water partition coefficient (Wildman–Crippen LogP) is 6.45. The highest BCUT2D eigenvalue weighted by Gasteiger charge is 2.30. The molecule has 1 amide bonds. The minimum absolute atomic E-state index is 0.203. The normalized spacial score (nSPS) is 16.3. The Labute approximate surface area is 182 Å². The van der Waals surface area contributed by atoms with Gasteiger partial charge in [0.1, 0.15) is 0 Å². The summed E-state index contributed by atoms with van der Waals surface area (Å²) < 4.78 is 0. The van der Waals surface area contributed by atoms with Gasteiger partial charge in [-0.05, 0) is 54.9 Å². The quantitative estimate of drug-likeness (QED) is 0.497. The van der Waals surface area contributed by atoms with Crippen LogP contribution in [0, 0.1) is 5.92 Å². The maximum atomic E-state index is 13.6. The number of fused-ring (bicyclic) bond motifs is 1. The first-order valence-corrected chi connectivity index (χ1v) is 11.1. The summed E-state index contributed by atoms with van der Waals surface area (Å²) in [6, 6.07) is 13.9. The predicted molar refractivity (Wildman–Crippen MR) is 121 cm³/mol. The van der Waals surface area contributed by atoms with Gasteiger partial charge in [-0.25, -0.2) is 0 Å². The number of hydrogen-bond acceptors (Lipinski definition) is 1. The third kappa shape index (κ3) is 4.31. The number of nitrogens with zero attached hydrogens (tertiary/aromatic N) is 1. The Morgan fingerprint density at radius 1 is 1.10 bits per heavy atom. The molecule has 29 heavy (non-hydrogen) atoms. The molecule has 3 nitrogen and oxygen atoms in total. The van der Waals surface area contributed by atoms with Crippen molar-refractivity contribution in [3.8, 4) is 0 Å². The Morgan fingerprint density at radius 3 is 2.62 bits per heavy atom. The summed E-state index contributed by atoms with van der Waals surface area (Å²) >= 11 is 12.9. The van der Waals surface area contributed by atoms with Gasteiger partial charge in [-0.3, -0.25) is 4.79 Å². The zero-order chi connectivity index (χ0) is 20.4. The monoisotopic (exact) mass is 428 g/mol. The SMILES string of the molecule is CC1CCN(C(=O)C(CCc2ccccc2Cl)c2cccc3[nH]cc(Cl)c23)CC1. The number of piperidine rings is 1. The largest absolute Gasteiger partial charge is 0.360 e. The van der Waals surface area contributed by atoms with E-state index in [4.69, 9.17) is 23.2 Å². The first-order chi connectivity index (χ1) is 14.0. The van der Waals surface area contributed by atoms with Gasteiger partial charge in [-0.1, -0.05) is 60.5 Å². The van der Waals surface area contributed by atoms with E-state index in [2.05, 4.69) is 11.9 Å². The number of H-pyrrole nitrogens is 1. The average Bonchev–Trinajstić information content (AvgIpc) is 3.11. The van der Waals surface area contributed by atoms with Crippen molar-refractivity contribution in [2.45, 2.75) is 38.5 Å². The van der Waals surface area contributed by atoms with Gasteiger partial charge in [-0.2, -0.15) is 0 Å². The molecule has 3 aromatic rings. The second-order valence-corrected chi connectivity index (χ2v) is 8.91. The number of hydrogen-bond donors (Lipinski definition) is 1. The Morgan fingerprint density at radius 2 is 1.86 bits per heavy atom. The minimum Gasteiger partial charge on any atom is -0.360 e. The maximum absolute atomic E-state index is 13.6. The molecule has 1 saturated heterocycles. The van der Waals surface area contributed by atoms with Gasteiger partial charge >= 0.3 is 0 Å². The molecule has 1 N–H and O–H groups in total. The average molecular weight is 429 g/mol. The molecular weight excluding hydrogens is 403 g/mol. The number of likely N-dealkylation sites (tertiary alicyclic amines) is 1. The lowest BCUT2D eigenvalue weighted by Gasteiger charge is -2.33. The first kappa shape index (κ1) is 20.3. The second kappa shape index (κ2) is 8.81. The van der Waals surface area contributed by atoms with E-state index < -0.39 is 0 Å². The Hall–Kier alpha value is -1.97. The fraction of sp³-hybridized carbons (Fsp3) is 0.375. The molecule has 1 aromatic heterocycles. The van der Waals surface area contributed by atoms with Gasteiger partial charge < -0.3 is 9.88 Å². The van der Waals surface area contributed by atoms with Gasteiger partial charge in [0.15, 0.2) is 0 Å². The number of aromatic nitrogens is 1. The third-order valence-corrected chi connectivity index (χ3v) is 6.79. The Bertz CT molecular complexity index is 1010. The van der Waals surface area contributed by atoms with Crippen LogP contribution in [0.2, 0.25) is 10.0 Å². The molecule has 4 rings (SSSR count). The van der Waals surface area contributed by atoms with Crippen molar-refractivity contribution in [1.82, 2.24) is 9.88 Å². The molecule has 1 fully saturated rings. The molecule has 2 heterocycles. The molecule has 5 heteroatoms. The van der Waals surface area contributed by atoms with Crippen LogP contribution in [-0.2, 0) is 11.2 Å². The topological polar surface area (TPSA) is 36.1 Å². The number of aromatic amines is 1. The van der Waals surface area contributed by atoms with Crippen LogP contribution >= 0.6 is 23.2 Å². The summed E-state index contributed by atoms with van der Waals surface area (Å²) in [6.07, 6.45) is 5.39. The van der Waals surface area contributed by atoms with Crippen molar-refractivity contribution in [3.05, 3.63) is 69.8 Å². The van der Waals surface area contributed by atoms with Crippen molar-refractivity contribution < 1.29 is 4.79 Å². The lowest BCUT2D eigenvalue weighted by Crippen LogP contribution is -2.40. The zero-order valence-corrected chi connectivity index (χ0v) is 18.1. The van der Waals surface area contributed by atoms with Crippen molar-refractivity contribution in [3.63, 3.8) is 0 Å². The Kier molecular flexibility index (Phi) is 6.17. The molecule has 2 aromatic carbocycles. The van der Waals surface area contributed by atoms with Crippen LogP contribution in [0.3, 0.4) is 0 Å². The van der Waals surface area contributed by atoms with E-state index in [9.17, 15) is 4.79 Å². The summed E-state index contributed by atoms with van der Waals surface area (Å²) in [5, 5.41) is 2.37.